The Hall–Kier alpha value is -0.313. The average molecular weight is 245 g/mol. The molecular weight excluding hydrogens is 224 g/mol. The summed E-state index contributed by atoms with van der Waals surface area (Å²) < 4.78 is 5.55. The van der Waals surface area contributed by atoms with Gasteiger partial charge in [0.05, 0.1) is 0 Å². The average Bonchev–Trinajstić information content (AvgIpc) is 2.19. The first-order valence-electron chi connectivity index (χ1n) is 5.25. The molecule has 0 amide bonds. The summed E-state index contributed by atoms with van der Waals surface area (Å²) in [6.45, 7) is 14.0. The molecule has 3 heteroatoms. The van der Waals surface area contributed by atoms with Crippen LogP contribution < -0.4 is 0 Å². The molecule has 0 N–H and O–H groups in total. The summed E-state index contributed by atoms with van der Waals surface area (Å²) in [6, 6.07) is 2.83. The summed E-state index contributed by atoms with van der Waals surface area (Å²) in [4.78, 5) is 0. The monoisotopic (exact) mass is 244 g/mol. The maximum absolute atomic E-state index is 6.34. The van der Waals surface area contributed by atoms with Crippen LogP contribution in [0.5, 0.6) is 0 Å². The Morgan fingerprint density at radius 1 is 1.13 bits per heavy atom. The highest BCUT2D eigenvalue weighted by atomic mass is 35.5. The lowest BCUT2D eigenvalue weighted by atomic mass is 10.7. The highest BCUT2D eigenvalue weighted by molar-refractivity contribution is 6.87. The third-order valence-corrected chi connectivity index (χ3v) is 8.40. The topological polar surface area (TPSA) is 9.23 Å². The number of allylic oxidation sites excluding steroid dienone is 3. The van der Waals surface area contributed by atoms with Crippen molar-refractivity contribution in [3.8, 4) is 0 Å². The van der Waals surface area contributed by atoms with E-state index in [1.807, 2.05) is 25.2 Å². The highest BCUT2D eigenvalue weighted by Crippen LogP contribution is 2.30. The van der Waals surface area contributed by atoms with Gasteiger partial charge in [0.2, 0.25) is 0 Å². The predicted octanol–water partition coefficient (Wildman–Crippen LogP) is 4.13. The summed E-state index contributed by atoms with van der Waals surface area (Å²) in [5.74, 6) is 0. The van der Waals surface area contributed by atoms with Crippen molar-refractivity contribution in [1.82, 2.24) is 0 Å². The van der Waals surface area contributed by atoms with E-state index in [0.717, 1.165) is 18.1 Å². The van der Waals surface area contributed by atoms with Crippen molar-refractivity contribution < 1.29 is 4.74 Å². The molecular formula is C12H21ClOSi. The number of halogens is 1. The largest absolute Gasteiger partial charge is 0.367 e. The normalized spacial score (nSPS) is 13.2. The van der Waals surface area contributed by atoms with Gasteiger partial charge in [0.25, 0.3) is 0 Å². The van der Waals surface area contributed by atoms with Gasteiger partial charge in [-0.25, -0.2) is 0 Å². The van der Waals surface area contributed by atoms with E-state index in [9.17, 15) is 0 Å². The van der Waals surface area contributed by atoms with Crippen LogP contribution in [0.1, 0.15) is 6.92 Å². The van der Waals surface area contributed by atoms with Crippen molar-refractivity contribution in [2.45, 2.75) is 30.2 Å². The standard InChI is InChI=1S/C12H21ClOSi/c1-5-9-15(10-6-2,11-7-3)12(13)14-8-4/h5-7,12H,1-3,8-11H2,4H3. The minimum atomic E-state index is -1.73. The van der Waals surface area contributed by atoms with Crippen LogP contribution in [0.15, 0.2) is 38.0 Å². The molecule has 0 fully saturated rings. The molecule has 0 saturated carbocycles. The Kier molecular flexibility index (Phi) is 7.75. The highest BCUT2D eigenvalue weighted by Gasteiger charge is 2.37. The molecule has 0 aliphatic carbocycles. The van der Waals surface area contributed by atoms with Crippen LogP contribution in [0.25, 0.3) is 0 Å². The van der Waals surface area contributed by atoms with Gasteiger partial charge in [-0.1, -0.05) is 29.8 Å². The van der Waals surface area contributed by atoms with Gasteiger partial charge in [-0.05, 0) is 25.1 Å². The van der Waals surface area contributed by atoms with Crippen LogP contribution in [-0.2, 0) is 4.74 Å². The second kappa shape index (κ2) is 7.91. The summed E-state index contributed by atoms with van der Waals surface area (Å²) in [5.41, 5.74) is 0. The van der Waals surface area contributed by atoms with Gasteiger partial charge in [-0.2, -0.15) is 0 Å². The Balaban J connectivity index is 4.79. The molecule has 0 rings (SSSR count). The predicted molar refractivity (Wildman–Crippen MR) is 72.0 cm³/mol. The van der Waals surface area contributed by atoms with Crippen molar-refractivity contribution in [1.29, 1.82) is 0 Å². The van der Waals surface area contributed by atoms with Crippen molar-refractivity contribution in [2.75, 3.05) is 6.61 Å². The van der Waals surface area contributed by atoms with Crippen LogP contribution in [-0.4, -0.2) is 19.9 Å². The molecule has 86 valence electrons. The first-order chi connectivity index (χ1) is 7.16. The van der Waals surface area contributed by atoms with E-state index in [-0.39, 0.29) is 5.19 Å². The molecule has 1 unspecified atom stereocenters. The quantitative estimate of drug-likeness (QED) is 0.337. The van der Waals surface area contributed by atoms with Gasteiger partial charge < -0.3 is 4.74 Å². The summed E-state index contributed by atoms with van der Waals surface area (Å²) in [6.07, 6.45) is 5.81. The lowest BCUT2D eigenvalue weighted by molar-refractivity contribution is 0.161. The molecule has 0 heterocycles. The zero-order chi connectivity index (χ0) is 11.7. The van der Waals surface area contributed by atoms with Crippen LogP contribution >= 0.6 is 11.6 Å². The van der Waals surface area contributed by atoms with Crippen molar-refractivity contribution >= 4 is 19.7 Å². The SMILES string of the molecule is C=CC[Si](CC=C)(CC=C)C(Cl)OCC. The van der Waals surface area contributed by atoms with Crippen LogP contribution in [0.4, 0.5) is 0 Å². The van der Waals surface area contributed by atoms with Gasteiger partial charge in [0.15, 0.2) is 0 Å². The minimum Gasteiger partial charge on any atom is -0.367 e. The Morgan fingerprint density at radius 3 is 1.80 bits per heavy atom. The van der Waals surface area contributed by atoms with Gasteiger partial charge in [-0.3, -0.25) is 0 Å². The summed E-state index contributed by atoms with van der Waals surface area (Å²) in [5, 5.41) is -0.184. The van der Waals surface area contributed by atoms with Gasteiger partial charge in [0.1, 0.15) is 13.3 Å². The van der Waals surface area contributed by atoms with E-state index < -0.39 is 8.07 Å². The molecule has 0 aromatic heterocycles. The number of rotatable bonds is 9. The van der Waals surface area contributed by atoms with Gasteiger partial charge in [-0.15, -0.1) is 19.7 Å². The Labute approximate surface area is 99.5 Å². The fraction of sp³-hybridized carbons (Fsp3) is 0.500. The van der Waals surface area contributed by atoms with E-state index in [0.29, 0.717) is 6.61 Å². The fourth-order valence-corrected chi connectivity index (χ4v) is 5.94. The van der Waals surface area contributed by atoms with E-state index in [1.165, 1.54) is 0 Å². The molecule has 0 spiro atoms. The first kappa shape index (κ1) is 14.7. The minimum absolute atomic E-state index is 0.184. The van der Waals surface area contributed by atoms with Gasteiger partial charge >= 0.3 is 0 Å². The molecule has 15 heavy (non-hydrogen) atoms. The smallest absolute Gasteiger partial charge is 0.119 e. The van der Waals surface area contributed by atoms with Crippen molar-refractivity contribution in [3.05, 3.63) is 38.0 Å². The van der Waals surface area contributed by atoms with Crippen molar-refractivity contribution in [3.63, 3.8) is 0 Å². The summed E-state index contributed by atoms with van der Waals surface area (Å²) in [7, 11) is -1.73. The third kappa shape index (κ3) is 4.37. The van der Waals surface area contributed by atoms with E-state index in [2.05, 4.69) is 19.7 Å². The maximum Gasteiger partial charge on any atom is 0.119 e. The van der Waals surface area contributed by atoms with Crippen LogP contribution in [0, 0.1) is 0 Å². The van der Waals surface area contributed by atoms with Gasteiger partial charge in [0, 0.05) is 6.61 Å². The molecule has 0 saturated heterocycles. The maximum atomic E-state index is 6.34. The lowest BCUT2D eigenvalue weighted by Gasteiger charge is -2.32. The molecule has 0 aromatic rings. The molecule has 0 aliphatic heterocycles. The molecule has 1 nitrogen and oxygen atoms in total. The second-order valence-corrected chi connectivity index (χ2v) is 8.85. The van der Waals surface area contributed by atoms with E-state index >= 15 is 0 Å². The van der Waals surface area contributed by atoms with E-state index in [1.54, 1.807) is 0 Å². The van der Waals surface area contributed by atoms with Crippen molar-refractivity contribution in [2.24, 2.45) is 0 Å². The molecule has 0 radical (unpaired) electrons. The Morgan fingerprint density at radius 2 is 1.53 bits per heavy atom. The van der Waals surface area contributed by atoms with Crippen LogP contribution in [0.3, 0.4) is 0 Å². The zero-order valence-corrected chi connectivity index (χ0v) is 11.3. The fourth-order valence-electron chi connectivity index (χ4n) is 1.71. The summed E-state index contributed by atoms with van der Waals surface area (Å²) >= 11 is 6.34. The first-order valence-corrected chi connectivity index (χ1v) is 8.38. The number of ether oxygens (including phenoxy) is 1. The number of hydrogen-bond acceptors (Lipinski definition) is 1. The lowest BCUT2D eigenvalue weighted by Crippen LogP contribution is -2.44. The third-order valence-electron chi connectivity index (χ3n) is 2.45. The van der Waals surface area contributed by atoms with E-state index in [4.69, 9.17) is 16.3 Å². The molecule has 0 bridgehead atoms. The van der Waals surface area contributed by atoms with Crippen LogP contribution in [0.2, 0.25) is 18.1 Å². The molecule has 0 aromatic carbocycles. The molecule has 1 atom stereocenters. The molecule has 0 aliphatic rings. The number of alkyl halides is 1. The zero-order valence-electron chi connectivity index (χ0n) is 9.55. The second-order valence-electron chi connectivity index (χ2n) is 3.61. The number of hydrogen-bond donors (Lipinski definition) is 0. The Bertz CT molecular complexity index is 189.